The molecule has 106 valence electrons. The summed E-state index contributed by atoms with van der Waals surface area (Å²) in [7, 11) is 0. The van der Waals surface area contributed by atoms with E-state index in [1.54, 1.807) is 0 Å². The van der Waals surface area contributed by atoms with Crippen molar-refractivity contribution in [3.8, 4) is 0 Å². The summed E-state index contributed by atoms with van der Waals surface area (Å²) in [5.74, 6) is 0.585. The number of imidazole rings is 1. The Bertz CT molecular complexity index is 807. The maximum atomic E-state index is 11.1. The highest BCUT2D eigenvalue weighted by atomic mass is 16.1. The molecule has 5 heteroatoms. The molecular formula is C16H16N4O. The zero-order valence-electron chi connectivity index (χ0n) is 11.9. The van der Waals surface area contributed by atoms with E-state index in [-0.39, 0.29) is 5.91 Å². The van der Waals surface area contributed by atoms with Gasteiger partial charge in [0.2, 0.25) is 11.9 Å². The number of aryl methyl sites for hydroxylation is 1. The lowest BCUT2D eigenvalue weighted by Crippen LogP contribution is -2.05. The van der Waals surface area contributed by atoms with Crippen LogP contribution in [0.1, 0.15) is 12.5 Å². The van der Waals surface area contributed by atoms with Crippen LogP contribution < -0.4 is 10.6 Å². The average molecular weight is 280 g/mol. The zero-order valence-corrected chi connectivity index (χ0v) is 11.9. The molecule has 1 aromatic heterocycles. The summed E-state index contributed by atoms with van der Waals surface area (Å²) in [4.78, 5) is 18.8. The van der Waals surface area contributed by atoms with Gasteiger partial charge in [-0.05, 0) is 42.8 Å². The minimum Gasteiger partial charge on any atom is -0.326 e. The average Bonchev–Trinajstić information content (AvgIpc) is 2.79. The summed E-state index contributed by atoms with van der Waals surface area (Å²) in [6.07, 6.45) is 0. The molecule has 3 rings (SSSR count). The summed E-state index contributed by atoms with van der Waals surface area (Å²) in [6, 6.07) is 13.6. The number of benzene rings is 2. The molecule has 5 nitrogen and oxygen atoms in total. The van der Waals surface area contributed by atoms with Gasteiger partial charge in [0.05, 0.1) is 11.0 Å². The van der Waals surface area contributed by atoms with Gasteiger partial charge in [0.1, 0.15) is 0 Å². The first kappa shape index (κ1) is 13.2. The number of nitrogens with zero attached hydrogens (tertiary/aromatic N) is 1. The van der Waals surface area contributed by atoms with Crippen LogP contribution in [0.3, 0.4) is 0 Å². The molecule has 0 atom stereocenters. The third kappa shape index (κ3) is 3.02. The lowest BCUT2D eigenvalue weighted by molar-refractivity contribution is -0.114. The summed E-state index contributed by atoms with van der Waals surface area (Å²) in [5, 5.41) is 5.96. The van der Waals surface area contributed by atoms with Crippen LogP contribution in [0.2, 0.25) is 0 Å². The lowest BCUT2D eigenvalue weighted by Gasteiger charge is -2.06. The lowest BCUT2D eigenvalue weighted by atomic mass is 10.2. The second kappa shape index (κ2) is 5.28. The van der Waals surface area contributed by atoms with Gasteiger partial charge in [-0.1, -0.05) is 12.1 Å². The van der Waals surface area contributed by atoms with Crippen molar-refractivity contribution in [3.63, 3.8) is 0 Å². The Hall–Kier alpha value is -2.82. The summed E-state index contributed by atoms with van der Waals surface area (Å²) >= 11 is 0. The molecule has 3 aromatic rings. The summed E-state index contributed by atoms with van der Waals surface area (Å²) in [6.45, 7) is 3.53. The van der Waals surface area contributed by atoms with E-state index < -0.39 is 0 Å². The predicted molar refractivity (Wildman–Crippen MR) is 84.9 cm³/mol. The predicted octanol–water partition coefficient (Wildman–Crippen LogP) is 3.57. The highest BCUT2D eigenvalue weighted by Gasteiger charge is 2.04. The number of carbonyl (C=O) groups excluding carboxylic acids is 1. The first-order valence-electron chi connectivity index (χ1n) is 6.71. The quantitative estimate of drug-likeness (QED) is 0.687. The van der Waals surface area contributed by atoms with E-state index in [9.17, 15) is 4.79 Å². The number of hydrogen-bond donors (Lipinski definition) is 3. The Morgan fingerprint density at radius 2 is 1.95 bits per heavy atom. The Labute approximate surface area is 122 Å². The van der Waals surface area contributed by atoms with Crippen molar-refractivity contribution in [2.75, 3.05) is 10.6 Å². The van der Waals surface area contributed by atoms with Gasteiger partial charge in [-0.25, -0.2) is 4.98 Å². The molecule has 0 aliphatic heterocycles. The fraction of sp³-hybridized carbons (Fsp3) is 0.125. The molecule has 21 heavy (non-hydrogen) atoms. The van der Waals surface area contributed by atoms with Gasteiger partial charge in [-0.3, -0.25) is 4.79 Å². The number of amides is 1. The molecule has 0 radical (unpaired) electrons. The first-order valence-corrected chi connectivity index (χ1v) is 6.71. The van der Waals surface area contributed by atoms with E-state index in [1.807, 2.05) is 43.3 Å². The number of hydrogen-bond acceptors (Lipinski definition) is 3. The smallest absolute Gasteiger partial charge is 0.221 e. The van der Waals surface area contributed by atoms with Crippen molar-refractivity contribution in [2.45, 2.75) is 13.8 Å². The van der Waals surface area contributed by atoms with Crippen LogP contribution in [0.4, 0.5) is 17.3 Å². The maximum Gasteiger partial charge on any atom is 0.221 e. The van der Waals surface area contributed by atoms with E-state index >= 15 is 0 Å². The van der Waals surface area contributed by atoms with E-state index in [4.69, 9.17) is 0 Å². The number of carbonyl (C=O) groups is 1. The maximum absolute atomic E-state index is 11.1. The van der Waals surface area contributed by atoms with Crippen molar-refractivity contribution < 1.29 is 4.79 Å². The van der Waals surface area contributed by atoms with E-state index in [0.29, 0.717) is 5.95 Å². The van der Waals surface area contributed by atoms with Crippen molar-refractivity contribution in [1.82, 2.24) is 9.97 Å². The van der Waals surface area contributed by atoms with Crippen LogP contribution in [0.15, 0.2) is 42.5 Å². The Balaban J connectivity index is 1.86. The molecule has 0 saturated heterocycles. The van der Waals surface area contributed by atoms with Crippen molar-refractivity contribution in [1.29, 1.82) is 0 Å². The number of H-pyrrole nitrogens is 1. The molecule has 3 N–H and O–H groups in total. The normalized spacial score (nSPS) is 10.6. The highest BCUT2D eigenvalue weighted by Crippen LogP contribution is 2.21. The third-order valence-corrected chi connectivity index (χ3v) is 3.08. The fourth-order valence-electron chi connectivity index (χ4n) is 2.20. The van der Waals surface area contributed by atoms with Crippen LogP contribution in [-0.2, 0) is 4.79 Å². The molecule has 0 bridgehead atoms. The van der Waals surface area contributed by atoms with Gasteiger partial charge >= 0.3 is 0 Å². The summed E-state index contributed by atoms with van der Waals surface area (Å²) < 4.78 is 0. The van der Waals surface area contributed by atoms with Crippen molar-refractivity contribution in [3.05, 3.63) is 48.0 Å². The van der Waals surface area contributed by atoms with Crippen molar-refractivity contribution >= 4 is 34.3 Å². The SMILES string of the molecule is CC(=O)Nc1cccc(Nc2nc3ccc(C)cc3[nH]2)c1. The minimum absolute atomic E-state index is 0.0913. The second-order valence-corrected chi connectivity index (χ2v) is 4.99. The Kier molecular flexibility index (Phi) is 3.31. The molecule has 0 unspecified atom stereocenters. The van der Waals surface area contributed by atoms with Crippen LogP contribution in [0, 0.1) is 6.92 Å². The van der Waals surface area contributed by atoms with Crippen molar-refractivity contribution in [2.24, 2.45) is 0 Å². The van der Waals surface area contributed by atoms with Gasteiger partial charge in [0.15, 0.2) is 0 Å². The van der Waals surface area contributed by atoms with Crippen LogP contribution in [0.25, 0.3) is 11.0 Å². The van der Waals surface area contributed by atoms with E-state index in [2.05, 4.69) is 26.7 Å². The molecule has 1 heterocycles. The molecule has 0 aliphatic carbocycles. The van der Waals surface area contributed by atoms with Crippen LogP contribution in [-0.4, -0.2) is 15.9 Å². The van der Waals surface area contributed by atoms with Gasteiger partial charge in [-0.15, -0.1) is 0 Å². The highest BCUT2D eigenvalue weighted by molar-refractivity contribution is 5.89. The number of anilines is 3. The Morgan fingerprint density at radius 1 is 1.14 bits per heavy atom. The van der Waals surface area contributed by atoms with Gasteiger partial charge < -0.3 is 15.6 Å². The topological polar surface area (TPSA) is 69.8 Å². The molecule has 0 aliphatic rings. The number of rotatable bonds is 3. The third-order valence-electron chi connectivity index (χ3n) is 3.08. The van der Waals surface area contributed by atoms with E-state index in [0.717, 1.165) is 22.4 Å². The minimum atomic E-state index is -0.0913. The van der Waals surface area contributed by atoms with E-state index in [1.165, 1.54) is 12.5 Å². The number of aromatic amines is 1. The molecule has 0 spiro atoms. The van der Waals surface area contributed by atoms with Gasteiger partial charge in [0, 0.05) is 18.3 Å². The molecule has 0 fully saturated rings. The molecule has 0 saturated carbocycles. The molecular weight excluding hydrogens is 264 g/mol. The number of fused-ring (bicyclic) bond motifs is 1. The fourth-order valence-corrected chi connectivity index (χ4v) is 2.20. The first-order chi connectivity index (χ1) is 10.1. The van der Waals surface area contributed by atoms with Crippen LogP contribution in [0.5, 0.6) is 0 Å². The largest absolute Gasteiger partial charge is 0.326 e. The Morgan fingerprint density at radius 3 is 2.76 bits per heavy atom. The zero-order chi connectivity index (χ0) is 14.8. The molecule has 1 amide bonds. The number of nitrogens with one attached hydrogen (secondary N) is 3. The van der Waals surface area contributed by atoms with Gasteiger partial charge in [-0.2, -0.15) is 0 Å². The standard InChI is InChI=1S/C16H16N4O/c1-10-6-7-14-15(8-10)20-16(19-14)18-13-5-3-4-12(9-13)17-11(2)21/h3-9H,1-2H3,(H,17,21)(H2,18,19,20). The second-order valence-electron chi connectivity index (χ2n) is 4.99. The molecule has 2 aromatic carbocycles. The van der Waals surface area contributed by atoms with Gasteiger partial charge in [0.25, 0.3) is 0 Å². The van der Waals surface area contributed by atoms with Crippen LogP contribution >= 0.6 is 0 Å². The summed E-state index contributed by atoms with van der Waals surface area (Å²) in [5.41, 5.74) is 4.71. The monoisotopic (exact) mass is 280 g/mol. The number of aromatic nitrogens is 2.